The second-order valence-electron chi connectivity index (χ2n) is 4.54. The van der Waals surface area contributed by atoms with Crippen LogP contribution >= 0.6 is 0 Å². The summed E-state index contributed by atoms with van der Waals surface area (Å²) in [6.07, 6.45) is 2.28. The fraction of sp³-hybridized carbons (Fsp3) is 0.909. The molecule has 86 valence electrons. The molecule has 0 radical (unpaired) electrons. The molecule has 2 heterocycles. The third-order valence-electron chi connectivity index (χ3n) is 3.80. The fourth-order valence-electron chi connectivity index (χ4n) is 2.99. The Morgan fingerprint density at radius 2 is 2.27 bits per heavy atom. The molecule has 0 aromatic rings. The number of carbonyl (C=O) groups excluding carboxylic acids is 1. The van der Waals surface area contributed by atoms with Crippen LogP contribution < -0.4 is 0 Å². The van der Waals surface area contributed by atoms with Gasteiger partial charge in [0, 0.05) is 12.1 Å². The maximum Gasteiger partial charge on any atom is 0.313 e. The molecular formula is C11H19NO3. The molecule has 1 N–H and O–H groups in total. The molecule has 2 bridgehead atoms. The molecule has 4 heteroatoms. The van der Waals surface area contributed by atoms with Gasteiger partial charge in [-0.25, -0.2) is 0 Å². The number of ether oxygens (including phenoxy) is 1. The summed E-state index contributed by atoms with van der Waals surface area (Å²) in [5, 5.41) is 9.94. The number of nitrogens with zero attached hydrogens (tertiary/aromatic N) is 1. The lowest BCUT2D eigenvalue weighted by Gasteiger charge is -2.39. The molecule has 2 aliphatic heterocycles. The van der Waals surface area contributed by atoms with Gasteiger partial charge in [-0.05, 0) is 33.2 Å². The number of fused-ring (bicyclic) bond motifs is 2. The Labute approximate surface area is 90.2 Å². The minimum atomic E-state index is -0.516. The minimum Gasteiger partial charge on any atom is -0.466 e. The van der Waals surface area contributed by atoms with Gasteiger partial charge in [0.15, 0.2) is 0 Å². The van der Waals surface area contributed by atoms with Crippen LogP contribution in [0.4, 0.5) is 0 Å². The van der Waals surface area contributed by atoms with Gasteiger partial charge in [-0.3, -0.25) is 9.69 Å². The van der Waals surface area contributed by atoms with Gasteiger partial charge >= 0.3 is 5.97 Å². The predicted octanol–water partition coefficient (Wildman–Crippen LogP) is 0.393. The van der Waals surface area contributed by atoms with Crippen molar-refractivity contribution in [2.24, 2.45) is 5.92 Å². The molecule has 0 spiro atoms. The van der Waals surface area contributed by atoms with E-state index in [1.807, 2.05) is 7.05 Å². The van der Waals surface area contributed by atoms with E-state index in [0.717, 1.165) is 12.8 Å². The van der Waals surface area contributed by atoms with E-state index >= 15 is 0 Å². The van der Waals surface area contributed by atoms with Crippen LogP contribution in [0.1, 0.15) is 26.2 Å². The molecule has 15 heavy (non-hydrogen) atoms. The zero-order valence-corrected chi connectivity index (χ0v) is 9.35. The second-order valence-corrected chi connectivity index (χ2v) is 4.54. The second kappa shape index (κ2) is 4.10. The minimum absolute atomic E-state index is 0.179. The topological polar surface area (TPSA) is 49.8 Å². The largest absolute Gasteiger partial charge is 0.466 e. The average molecular weight is 213 g/mol. The summed E-state index contributed by atoms with van der Waals surface area (Å²) in [6, 6.07) is 0.633. The van der Waals surface area contributed by atoms with Crippen molar-refractivity contribution in [2.45, 2.75) is 44.4 Å². The van der Waals surface area contributed by atoms with Crippen LogP contribution in [0.5, 0.6) is 0 Å². The van der Waals surface area contributed by atoms with Crippen molar-refractivity contribution in [3.05, 3.63) is 0 Å². The molecule has 4 atom stereocenters. The zero-order valence-electron chi connectivity index (χ0n) is 9.35. The van der Waals surface area contributed by atoms with E-state index in [0.29, 0.717) is 19.1 Å². The van der Waals surface area contributed by atoms with E-state index in [1.165, 1.54) is 0 Å². The van der Waals surface area contributed by atoms with E-state index in [1.54, 1.807) is 6.92 Å². The molecule has 0 amide bonds. The van der Waals surface area contributed by atoms with Crippen molar-refractivity contribution in [3.63, 3.8) is 0 Å². The number of rotatable bonds is 2. The van der Waals surface area contributed by atoms with Crippen molar-refractivity contribution in [2.75, 3.05) is 13.7 Å². The lowest BCUT2D eigenvalue weighted by atomic mass is 9.88. The maximum atomic E-state index is 11.7. The van der Waals surface area contributed by atoms with E-state index < -0.39 is 6.10 Å². The normalized spacial score (nSPS) is 40.5. The molecule has 4 nitrogen and oxygen atoms in total. The zero-order chi connectivity index (χ0) is 11.0. The summed E-state index contributed by atoms with van der Waals surface area (Å²) in [7, 11) is 2.04. The lowest BCUT2D eigenvalue weighted by Crippen LogP contribution is -2.52. The van der Waals surface area contributed by atoms with Crippen LogP contribution in [0.2, 0.25) is 0 Å². The van der Waals surface area contributed by atoms with Gasteiger partial charge in [-0.15, -0.1) is 0 Å². The Morgan fingerprint density at radius 1 is 1.53 bits per heavy atom. The Balaban J connectivity index is 2.12. The Kier molecular flexibility index (Phi) is 2.98. The van der Waals surface area contributed by atoms with E-state index in [-0.39, 0.29) is 17.9 Å². The summed E-state index contributed by atoms with van der Waals surface area (Å²) in [4.78, 5) is 14.0. The van der Waals surface area contributed by atoms with Gasteiger partial charge in [0.25, 0.3) is 0 Å². The molecule has 0 unspecified atom stereocenters. The summed E-state index contributed by atoms with van der Waals surface area (Å²) in [5.41, 5.74) is 0. The first-order valence-electron chi connectivity index (χ1n) is 5.71. The molecule has 0 aromatic carbocycles. The van der Waals surface area contributed by atoms with E-state index in [2.05, 4.69) is 4.90 Å². The van der Waals surface area contributed by atoms with Crippen LogP contribution in [0.3, 0.4) is 0 Å². The van der Waals surface area contributed by atoms with Crippen molar-refractivity contribution in [1.82, 2.24) is 4.90 Å². The first kappa shape index (κ1) is 10.9. The highest BCUT2D eigenvalue weighted by molar-refractivity contribution is 5.74. The highest BCUT2D eigenvalue weighted by Crippen LogP contribution is 2.38. The lowest BCUT2D eigenvalue weighted by molar-refractivity contribution is -0.158. The predicted molar refractivity (Wildman–Crippen MR) is 55.3 cm³/mol. The number of hydrogen-bond acceptors (Lipinski definition) is 4. The number of piperidine rings is 1. The number of carbonyl (C=O) groups is 1. The van der Waals surface area contributed by atoms with Gasteiger partial charge in [-0.1, -0.05) is 0 Å². The number of aliphatic hydroxyl groups excluding tert-OH is 1. The quantitative estimate of drug-likeness (QED) is 0.674. The summed E-state index contributed by atoms with van der Waals surface area (Å²) in [6.45, 7) is 2.19. The van der Waals surface area contributed by atoms with Crippen LogP contribution in [0.15, 0.2) is 0 Å². The molecule has 0 aromatic heterocycles. The molecule has 2 saturated heterocycles. The molecule has 2 fully saturated rings. The number of esters is 1. The van der Waals surface area contributed by atoms with Gasteiger partial charge in [0.1, 0.15) is 0 Å². The summed E-state index contributed by atoms with van der Waals surface area (Å²) >= 11 is 0. The fourth-order valence-corrected chi connectivity index (χ4v) is 2.99. The van der Waals surface area contributed by atoms with Crippen LogP contribution in [0.25, 0.3) is 0 Å². The average Bonchev–Trinajstić information content (AvgIpc) is 2.46. The molecular weight excluding hydrogens is 194 g/mol. The monoisotopic (exact) mass is 213 g/mol. The van der Waals surface area contributed by atoms with Crippen molar-refractivity contribution >= 4 is 5.97 Å². The third-order valence-corrected chi connectivity index (χ3v) is 3.80. The summed E-state index contributed by atoms with van der Waals surface area (Å²) in [5.74, 6) is -0.573. The van der Waals surface area contributed by atoms with Gasteiger partial charge in [0.2, 0.25) is 0 Å². The maximum absolute atomic E-state index is 11.7. The van der Waals surface area contributed by atoms with E-state index in [9.17, 15) is 9.90 Å². The smallest absolute Gasteiger partial charge is 0.313 e. The Morgan fingerprint density at radius 3 is 2.93 bits per heavy atom. The summed E-state index contributed by atoms with van der Waals surface area (Å²) < 4.78 is 5.03. The number of aliphatic hydroxyl groups is 1. The van der Waals surface area contributed by atoms with Crippen molar-refractivity contribution in [3.8, 4) is 0 Å². The van der Waals surface area contributed by atoms with Gasteiger partial charge in [0.05, 0.1) is 18.6 Å². The van der Waals surface area contributed by atoms with Crippen LogP contribution in [0, 0.1) is 5.92 Å². The molecule has 2 rings (SSSR count). The first-order valence-corrected chi connectivity index (χ1v) is 5.71. The highest BCUT2D eigenvalue weighted by atomic mass is 16.5. The van der Waals surface area contributed by atoms with E-state index in [4.69, 9.17) is 4.74 Å². The van der Waals surface area contributed by atoms with Gasteiger partial charge in [-0.2, -0.15) is 0 Å². The van der Waals surface area contributed by atoms with Crippen LogP contribution in [-0.4, -0.2) is 47.8 Å². The van der Waals surface area contributed by atoms with Crippen molar-refractivity contribution < 1.29 is 14.6 Å². The van der Waals surface area contributed by atoms with Crippen molar-refractivity contribution in [1.29, 1.82) is 0 Å². The standard InChI is InChI=1S/C11H19NO3/c1-3-15-11(14)10-8-5-4-7(12(8)2)6-9(10)13/h7-10,13H,3-6H2,1-2H3/t7-,8-,9+,10-/m1/s1. The van der Waals surface area contributed by atoms with Gasteiger partial charge < -0.3 is 9.84 Å². The molecule has 0 aliphatic carbocycles. The van der Waals surface area contributed by atoms with Crippen LogP contribution in [-0.2, 0) is 9.53 Å². The number of hydrogen-bond donors (Lipinski definition) is 1. The molecule has 2 aliphatic rings. The SMILES string of the molecule is CCOC(=O)[C@@H]1[C@H]2CC[C@H](C[C@@H]1O)N2C. The molecule has 0 saturated carbocycles. The first-order chi connectivity index (χ1) is 7.15. The third kappa shape index (κ3) is 1.76. The Hall–Kier alpha value is -0.610. The highest BCUT2D eigenvalue weighted by Gasteiger charge is 2.48. The Bertz CT molecular complexity index is 256.